The predicted molar refractivity (Wildman–Crippen MR) is 174 cm³/mol. The van der Waals surface area contributed by atoms with Crippen molar-refractivity contribution in [3.8, 4) is 50.9 Å². The van der Waals surface area contributed by atoms with Crippen LogP contribution < -0.4 is 4.74 Å². The molecule has 0 amide bonds. The summed E-state index contributed by atoms with van der Waals surface area (Å²) in [4.78, 5) is 0. The number of nitrogens with zero attached hydrogens (tertiary/aromatic N) is 2. The lowest BCUT2D eigenvalue weighted by atomic mass is 9.82. The van der Waals surface area contributed by atoms with Crippen molar-refractivity contribution in [2.75, 3.05) is 0 Å². The molecule has 4 heteroatoms. The summed E-state index contributed by atoms with van der Waals surface area (Å²) in [7, 11) is 0. The minimum atomic E-state index is -0.368. The Balaban J connectivity index is 1.55. The van der Waals surface area contributed by atoms with Crippen LogP contribution >= 0.6 is 0 Å². The van der Waals surface area contributed by atoms with E-state index in [2.05, 4.69) is 133 Å². The van der Waals surface area contributed by atoms with E-state index >= 15 is 0 Å². The lowest BCUT2D eigenvalue weighted by molar-refractivity contribution is 0.132. The Morgan fingerprint density at radius 2 is 0.929 bits per heavy atom. The fourth-order valence-corrected chi connectivity index (χ4v) is 4.89. The van der Waals surface area contributed by atoms with Gasteiger partial charge in [0.1, 0.15) is 11.4 Å². The van der Waals surface area contributed by atoms with Crippen LogP contribution in [0.25, 0.3) is 45.2 Å². The maximum Gasteiger partial charge on any atom is 0.248 e. The molecule has 0 aliphatic carbocycles. The molecule has 0 unspecified atom stereocenters. The number of rotatable bonds is 5. The third-order valence-electron chi connectivity index (χ3n) is 7.31. The van der Waals surface area contributed by atoms with Crippen molar-refractivity contribution in [2.24, 2.45) is 0 Å². The Bertz CT molecular complexity index is 1660. The lowest BCUT2D eigenvalue weighted by Gasteiger charge is -2.29. The van der Waals surface area contributed by atoms with E-state index in [1.165, 1.54) is 11.1 Å². The smallest absolute Gasteiger partial charge is 0.248 e. The molecule has 5 rings (SSSR count). The molecule has 42 heavy (non-hydrogen) atoms. The van der Waals surface area contributed by atoms with Crippen molar-refractivity contribution in [1.29, 1.82) is 0 Å². The molecule has 1 aromatic heterocycles. The molecule has 0 spiro atoms. The number of ether oxygens (including phenoxy) is 1. The van der Waals surface area contributed by atoms with Gasteiger partial charge in [0.25, 0.3) is 0 Å². The third-order valence-corrected chi connectivity index (χ3v) is 7.31. The predicted octanol–water partition coefficient (Wildman–Crippen LogP) is 10.5. The highest BCUT2D eigenvalue weighted by molar-refractivity contribution is 5.84. The summed E-state index contributed by atoms with van der Waals surface area (Å²) in [6.45, 7) is 19.6. The summed E-state index contributed by atoms with van der Waals surface area (Å²) in [6.07, 6.45) is 0. The Hall–Kier alpha value is -4.18. The van der Waals surface area contributed by atoms with Gasteiger partial charge in [-0.1, -0.05) is 96.1 Å². The van der Waals surface area contributed by atoms with Crippen LogP contribution in [-0.4, -0.2) is 15.8 Å². The van der Waals surface area contributed by atoms with E-state index in [9.17, 15) is 0 Å². The molecular weight excluding hydrogens is 516 g/mol. The first-order valence-corrected chi connectivity index (χ1v) is 14.7. The van der Waals surface area contributed by atoms with Gasteiger partial charge in [-0.05, 0) is 90.3 Å². The molecule has 0 fully saturated rings. The van der Waals surface area contributed by atoms with Crippen LogP contribution in [0.3, 0.4) is 0 Å². The number of benzene rings is 4. The van der Waals surface area contributed by atoms with Gasteiger partial charge in [-0.25, -0.2) is 0 Å². The first-order valence-electron chi connectivity index (χ1n) is 14.7. The van der Waals surface area contributed by atoms with Gasteiger partial charge in [0, 0.05) is 22.3 Å². The highest BCUT2D eigenvalue weighted by atomic mass is 16.5. The van der Waals surface area contributed by atoms with Gasteiger partial charge >= 0.3 is 0 Å². The molecule has 0 N–H and O–H groups in total. The molecule has 0 radical (unpaired) electrons. The number of aromatic nitrogens is 2. The Morgan fingerprint density at radius 1 is 0.500 bits per heavy atom. The largest absolute Gasteiger partial charge is 0.487 e. The Labute approximate surface area is 250 Å². The molecule has 0 saturated heterocycles. The molecule has 4 aromatic carbocycles. The zero-order valence-electron chi connectivity index (χ0n) is 26.4. The van der Waals surface area contributed by atoms with Crippen molar-refractivity contribution in [1.82, 2.24) is 10.2 Å². The number of hydrogen-bond acceptors (Lipinski definition) is 4. The van der Waals surface area contributed by atoms with Crippen molar-refractivity contribution in [3.63, 3.8) is 0 Å². The normalized spacial score (nSPS) is 12.4. The molecule has 0 aliphatic rings. The van der Waals surface area contributed by atoms with E-state index in [0.717, 1.165) is 39.1 Å². The average Bonchev–Trinajstić information content (AvgIpc) is 3.42. The minimum absolute atomic E-state index is 0.0380. The SMILES string of the molecule is CC(C)(C)Oc1c(-c2ccccc2)cc(C(C)(C)C)cc1-c1ccc(-c2nnc(-c3ccc(C(C)(C)C)cc3)o2)cc1. The topological polar surface area (TPSA) is 48.2 Å². The summed E-state index contributed by atoms with van der Waals surface area (Å²) in [6, 6.07) is 31.7. The van der Waals surface area contributed by atoms with E-state index in [-0.39, 0.29) is 16.4 Å². The van der Waals surface area contributed by atoms with Crippen molar-refractivity contribution in [2.45, 2.75) is 78.7 Å². The van der Waals surface area contributed by atoms with Gasteiger partial charge in [0.15, 0.2) is 0 Å². The van der Waals surface area contributed by atoms with E-state index in [4.69, 9.17) is 9.15 Å². The molecule has 0 aliphatic heterocycles. The van der Waals surface area contributed by atoms with Crippen LogP contribution in [0.5, 0.6) is 5.75 Å². The first kappa shape index (κ1) is 29.3. The fourth-order valence-electron chi connectivity index (χ4n) is 4.89. The maximum absolute atomic E-state index is 6.70. The van der Waals surface area contributed by atoms with Gasteiger partial charge in [-0.15, -0.1) is 10.2 Å². The molecular formula is C38H42N2O2. The Kier molecular flexibility index (Phi) is 7.61. The van der Waals surface area contributed by atoms with Crippen molar-refractivity contribution >= 4 is 0 Å². The van der Waals surface area contributed by atoms with Gasteiger partial charge in [0.2, 0.25) is 11.8 Å². The second kappa shape index (κ2) is 10.9. The van der Waals surface area contributed by atoms with Crippen molar-refractivity contribution in [3.05, 3.63) is 102 Å². The molecule has 5 aromatic rings. The van der Waals surface area contributed by atoms with Gasteiger partial charge in [-0.3, -0.25) is 0 Å². The third kappa shape index (κ3) is 6.49. The van der Waals surface area contributed by atoms with E-state index in [1.807, 2.05) is 30.3 Å². The van der Waals surface area contributed by atoms with Gasteiger partial charge in [0.05, 0.1) is 0 Å². The number of hydrogen-bond donors (Lipinski definition) is 0. The van der Waals surface area contributed by atoms with Gasteiger partial charge < -0.3 is 9.15 Å². The van der Waals surface area contributed by atoms with E-state index in [1.54, 1.807) is 0 Å². The quantitative estimate of drug-likeness (QED) is 0.215. The molecule has 1 heterocycles. The highest BCUT2D eigenvalue weighted by Gasteiger charge is 2.25. The van der Waals surface area contributed by atoms with Crippen LogP contribution in [0.2, 0.25) is 0 Å². The summed E-state index contributed by atoms with van der Waals surface area (Å²) >= 11 is 0. The van der Waals surface area contributed by atoms with Crippen LogP contribution in [0.4, 0.5) is 0 Å². The maximum atomic E-state index is 6.70. The van der Waals surface area contributed by atoms with E-state index < -0.39 is 0 Å². The van der Waals surface area contributed by atoms with Gasteiger partial charge in [-0.2, -0.15) is 0 Å². The molecule has 0 bridgehead atoms. The van der Waals surface area contributed by atoms with Crippen LogP contribution in [0.1, 0.15) is 73.4 Å². The summed E-state index contributed by atoms with van der Waals surface area (Å²) < 4.78 is 12.8. The summed E-state index contributed by atoms with van der Waals surface area (Å²) in [5, 5.41) is 8.70. The second-order valence-corrected chi connectivity index (χ2v) is 14.0. The zero-order valence-corrected chi connectivity index (χ0v) is 26.4. The average molecular weight is 559 g/mol. The van der Waals surface area contributed by atoms with E-state index in [0.29, 0.717) is 11.8 Å². The van der Waals surface area contributed by atoms with Crippen molar-refractivity contribution < 1.29 is 9.15 Å². The minimum Gasteiger partial charge on any atom is -0.487 e. The fraction of sp³-hybridized carbons (Fsp3) is 0.316. The summed E-state index contributed by atoms with van der Waals surface area (Å²) in [5.74, 6) is 1.89. The highest BCUT2D eigenvalue weighted by Crippen LogP contribution is 2.44. The molecule has 0 saturated carbocycles. The Morgan fingerprint density at radius 3 is 1.38 bits per heavy atom. The zero-order chi connectivity index (χ0) is 30.3. The molecule has 0 atom stereocenters. The molecule has 4 nitrogen and oxygen atoms in total. The summed E-state index contributed by atoms with van der Waals surface area (Å²) in [5.41, 5.74) is 8.34. The van der Waals surface area contributed by atoms with Crippen LogP contribution in [0.15, 0.2) is 95.4 Å². The second-order valence-electron chi connectivity index (χ2n) is 14.0. The standard InChI is InChI=1S/C38H42N2O2/c1-36(2,3)29-21-19-28(20-22-29)35-40-39-34(41-35)27-17-15-26(16-18-27)32-24-30(37(4,5)6)23-31(25-13-11-10-12-14-25)33(32)42-38(7,8)9/h10-24H,1-9H3. The molecule has 216 valence electrons. The lowest BCUT2D eigenvalue weighted by Crippen LogP contribution is -2.24. The van der Waals surface area contributed by atoms with Crippen LogP contribution in [0, 0.1) is 0 Å². The first-order chi connectivity index (χ1) is 19.7. The monoisotopic (exact) mass is 558 g/mol. The van der Waals surface area contributed by atoms with Crippen LogP contribution in [-0.2, 0) is 10.8 Å².